The number of hydrogen-bond acceptors (Lipinski definition) is 2. The first kappa shape index (κ1) is 12.8. The molecule has 1 aromatic heterocycles. The summed E-state index contributed by atoms with van der Waals surface area (Å²) in [5, 5.41) is 9.63. The Labute approximate surface area is 130 Å². The number of aromatic nitrogens is 1. The van der Waals surface area contributed by atoms with Crippen molar-refractivity contribution in [3.63, 3.8) is 0 Å². The van der Waals surface area contributed by atoms with Gasteiger partial charge in [-0.1, -0.05) is 24.3 Å². The van der Waals surface area contributed by atoms with Crippen LogP contribution in [0.5, 0.6) is 0 Å². The van der Waals surface area contributed by atoms with E-state index in [0.717, 1.165) is 10.9 Å². The van der Waals surface area contributed by atoms with Gasteiger partial charge in [-0.15, -0.1) is 0 Å². The third kappa shape index (κ3) is 3.36. The Morgan fingerprint density at radius 3 is 2.67 bits per heavy atom. The van der Waals surface area contributed by atoms with Crippen LogP contribution < -0.4 is 0 Å². The summed E-state index contributed by atoms with van der Waals surface area (Å²) in [6.07, 6.45) is -0.0230. The van der Waals surface area contributed by atoms with Crippen molar-refractivity contribution in [2.45, 2.75) is 6.42 Å². The van der Waals surface area contributed by atoms with Crippen molar-refractivity contribution in [2.24, 2.45) is 0 Å². The van der Waals surface area contributed by atoms with E-state index in [1.807, 2.05) is 30.3 Å². The monoisotopic (exact) mass is 226 g/mol. The summed E-state index contributed by atoms with van der Waals surface area (Å²) in [4.78, 5) is 14.7. The second-order valence-corrected chi connectivity index (χ2v) is 3.07. The first-order chi connectivity index (χ1) is 6.75. The zero-order valence-electron chi connectivity index (χ0n) is 8.47. The fraction of sp³-hybridized carbons (Fsp3) is 0.0909. The number of hydrogen-bond donors (Lipinski definition) is 1. The van der Waals surface area contributed by atoms with E-state index in [9.17, 15) is 4.79 Å². The molecule has 0 aliphatic heterocycles. The first-order valence-electron chi connectivity index (χ1n) is 4.32. The van der Waals surface area contributed by atoms with E-state index in [0.29, 0.717) is 5.69 Å². The smallest absolute Gasteiger partial charge is 0.309 e. The van der Waals surface area contributed by atoms with Crippen molar-refractivity contribution in [1.29, 1.82) is 0 Å². The van der Waals surface area contributed by atoms with Crippen LogP contribution in [0.2, 0.25) is 0 Å². The molecule has 0 amide bonds. The maximum absolute atomic E-state index is 10.5. The number of benzene rings is 1. The molecule has 3 nitrogen and oxygen atoms in total. The Kier molecular flexibility index (Phi) is 4.88. The maximum atomic E-state index is 10.5. The molecule has 0 spiro atoms. The molecule has 1 aromatic carbocycles. The van der Waals surface area contributed by atoms with Gasteiger partial charge in [-0.05, 0) is 12.1 Å². The van der Waals surface area contributed by atoms with Crippen molar-refractivity contribution < 1.29 is 9.90 Å². The minimum atomic E-state index is -0.854. The molecule has 1 N–H and O–H groups in total. The van der Waals surface area contributed by atoms with Crippen LogP contribution in [0.4, 0.5) is 0 Å². The number of pyridine rings is 1. The van der Waals surface area contributed by atoms with E-state index in [1.165, 1.54) is 0 Å². The topological polar surface area (TPSA) is 50.2 Å². The van der Waals surface area contributed by atoms with Crippen molar-refractivity contribution in [3.8, 4) is 0 Å². The summed E-state index contributed by atoms with van der Waals surface area (Å²) in [5.74, 6) is -0.854. The minimum absolute atomic E-state index is 0. The maximum Gasteiger partial charge on any atom is 0.309 e. The van der Waals surface area contributed by atoms with Crippen LogP contribution in [0.1, 0.15) is 5.69 Å². The zero-order chi connectivity index (χ0) is 9.97. The first-order valence-corrected chi connectivity index (χ1v) is 4.32. The second-order valence-electron chi connectivity index (χ2n) is 3.07. The molecule has 71 valence electrons. The minimum Gasteiger partial charge on any atom is -0.481 e. The van der Waals surface area contributed by atoms with Crippen LogP contribution in [0.25, 0.3) is 10.9 Å². The largest absolute Gasteiger partial charge is 0.481 e. The molecular formula is C11H9KNO2. The quantitative estimate of drug-likeness (QED) is 0.789. The van der Waals surface area contributed by atoms with Gasteiger partial charge in [0.2, 0.25) is 0 Å². The molecule has 0 saturated carbocycles. The average molecular weight is 226 g/mol. The van der Waals surface area contributed by atoms with Gasteiger partial charge < -0.3 is 5.11 Å². The summed E-state index contributed by atoms with van der Waals surface area (Å²) in [6.45, 7) is 0. The van der Waals surface area contributed by atoms with E-state index in [2.05, 4.69) is 4.98 Å². The van der Waals surface area contributed by atoms with Crippen LogP contribution in [0.15, 0.2) is 36.4 Å². The summed E-state index contributed by atoms with van der Waals surface area (Å²) in [5.41, 5.74) is 1.43. The molecule has 0 atom stereocenters. The predicted molar refractivity (Wildman–Crippen MR) is 58.8 cm³/mol. The standard InChI is InChI=1S/C11H9NO2.K/c13-11(14)7-9-6-5-8-3-1-2-4-10(8)12-9;/h1-6H,7H2,(H,13,14);. The summed E-state index contributed by atoms with van der Waals surface area (Å²) >= 11 is 0. The van der Waals surface area contributed by atoms with E-state index >= 15 is 0 Å². The Bertz CT molecular complexity index is 485. The van der Waals surface area contributed by atoms with Gasteiger partial charge in [-0.2, -0.15) is 0 Å². The van der Waals surface area contributed by atoms with Crippen molar-refractivity contribution in [3.05, 3.63) is 42.1 Å². The molecule has 2 rings (SSSR count). The number of carboxylic acids is 1. The van der Waals surface area contributed by atoms with Crippen LogP contribution >= 0.6 is 0 Å². The molecule has 15 heavy (non-hydrogen) atoms. The molecule has 0 saturated heterocycles. The van der Waals surface area contributed by atoms with Crippen LogP contribution in [-0.2, 0) is 11.2 Å². The zero-order valence-corrected chi connectivity index (χ0v) is 11.6. The number of para-hydroxylation sites is 1. The normalized spacial score (nSPS) is 9.60. The third-order valence-corrected chi connectivity index (χ3v) is 1.99. The van der Waals surface area contributed by atoms with Gasteiger partial charge in [0, 0.05) is 56.8 Å². The molecule has 1 radical (unpaired) electrons. The Balaban J connectivity index is 0.00000112. The van der Waals surface area contributed by atoms with Crippen LogP contribution in [0.3, 0.4) is 0 Å². The van der Waals surface area contributed by atoms with E-state index in [1.54, 1.807) is 6.07 Å². The number of carboxylic acid groups (broad SMARTS) is 1. The molecule has 0 bridgehead atoms. The molecular weight excluding hydrogens is 217 g/mol. The van der Waals surface area contributed by atoms with Gasteiger partial charge in [0.05, 0.1) is 17.6 Å². The molecule has 4 heteroatoms. The molecule has 0 fully saturated rings. The number of aliphatic carboxylic acids is 1. The van der Waals surface area contributed by atoms with Gasteiger partial charge in [0.15, 0.2) is 0 Å². The van der Waals surface area contributed by atoms with Gasteiger partial charge in [0.25, 0.3) is 0 Å². The predicted octanol–water partition coefficient (Wildman–Crippen LogP) is 1.48. The van der Waals surface area contributed by atoms with E-state index in [4.69, 9.17) is 5.11 Å². The Morgan fingerprint density at radius 2 is 1.93 bits per heavy atom. The Morgan fingerprint density at radius 1 is 1.20 bits per heavy atom. The number of nitrogens with zero attached hydrogens (tertiary/aromatic N) is 1. The fourth-order valence-corrected chi connectivity index (χ4v) is 1.36. The van der Waals surface area contributed by atoms with E-state index < -0.39 is 5.97 Å². The summed E-state index contributed by atoms with van der Waals surface area (Å²) in [7, 11) is 0. The van der Waals surface area contributed by atoms with Crippen molar-refractivity contribution >= 4 is 68.3 Å². The van der Waals surface area contributed by atoms with Gasteiger partial charge in [-0.3, -0.25) is 9.78 Å². The molecule has 0 aliphatic rings. The number of fused-ring (bicyclic) bond motifs is 1. The molecule has 0 unspecified atom stereocenters. The number of rotatable bonds is 2. The van der Waals surface area contributed by atoms with Crippen molar-refractivity contribution in [1.82, 2.24) is 4.98 Å². The molecule has 0 aliphatic carbocycles. The molecule has 1 heterocycles. The third-order valence-electron chi connectivity index (χ3n) is 1.99. The van der Waals surface area contributed by atoms with Gasteiger partial charge in [-0.25, -0.2) is 0 Å². The Hall–Kier alpha value is -0.264. The summed E-state index contributed by atoms with van der Waals surface area (Å²) in [6, 6.07) is 11.3. The second kappa shape index (κ2) is 5.72. The fourth-order valence-electron chi connectivity index (χ4n) is 1.36. The SMILES string of the molecule is O=C(O)Cc1ccc2ccccc2n1.[K]. The van der Waals surface area contributed by atoms with Gasteiger partial charge >= 0.3 is 5.97 Å². The van der Waals surface area contributed by atoms with Crippen LogP contribution in [-0.4, -0.2) is 67.4 Å². The molecule has 2 aromatic rings. The number of carbonyl (C=O) groups is 1. The average Bonchev–Trinajstić information content (AvgIpc) is 2.17. The summed E-state index contributed by atoms with van der Waals surface area (Å²) < 4.78 is 0. The van der Waals surface area contributed by atoms with Crippen molar-refractivity contribution in [2.75, 3.05) is 0 Å². The van der Waals surface area contributed by atoms with E-state index in [-0.39, 0.29) is 57.8 Å². The van der Waals surface area contributed by atoms with Crippen LogP contribution in [0, 0.1) is 0 Å². The van der Waals surface area contributed by atoms with Gasteiger partial charge in [0.1, 0.15) is 0 Å².